The summed E-state index contributed by atoms with van der Waals surface area (Å²) in [6.45, 7) is 10.1. The number of carbonyl (C=O) groups excluding carboxylic acids is 5. The summed E-state index contributed by atoms with van der Waals surface area (Å²) in [5, 5.41) is 90.8. The Kier molecular flexibility index (Phi) is 41.9. The lowest BCUT2D eigenvalue weighted by molar-refractivity contribution is -0.284. The fraction of sp³-hybridized carbons (Fsp3) is 0.912. The van der Waals surface area contributed by atoms with E-state index in [1.807, 2.05) is 6.92 Å². The number of ether oxygens (including phenoxy) is 15. The van der Waals surface area contributed by atoms with Crippen LogP contribution in [0, 0.1) is 17.3 Å². The second-order valence-electron chi connectivity index (χ2n) is 21.9. The van der Waals surface area contributed by atoms with E-state index in [0.717, 1.165) is 0 Å². The molecule has 2 unspecified atom stereocenters. The van der Waals surface area contributed by atoms with Crippen LogP contribution in [-0.4, -0.2) is 322 Å². The van der Waals surface area contributed by atoms with Crippen molar-refractivity contribution in [2.75, 3.05) is 172 Å². The van der Waals surface area contributed by atoms with Gasteiger partial charge in [0, 0.05) is 69.5 Å². The molecule has 3 fully saturated rings. The number of aliphatic hydroxyl groups is 8. The molecule has 0 aromatic rings. The summed E-state index contributed by atoms with van der Waals surface area (Å²) in [4.78, 5) is 62.4. The van der Waals surface area contributed by atoms with Gasteiger partial charge in [0.15, 0.2) is 18.9 Å². The van der Waals surface area contributed by atoms with Crippen LogP contribution in [0.1, 0.15) is 66.7 Å². The molecule has 3 aliphatic heterocycles. The van der Waals surface area contributed by atoms with E-state index >= 15 is 0 Å². The van der Waals surface area contributed by atoms with Crippen molar-refractivity contribution < 1.29 is 136 Å². The third-order valence-electron chi connectivity index (χ3n) is 14.5. The third kappa shape index (κ3) is 31.9. The van der Waals surface area contributed by atoms with Crippen molar-refractivity contribution in [1.82, 2.24) is 21.3 Å². The van der Waals surface area contributed by atoms with Gasteiger partial charge in [-0.15, -0.1) is 0 Å². The molecule has 3 rings (SSSR count). The first-order chi connectivity index (χ1) is 42.8. The van der Waals surface area contributed by atoms with Gasteiger partial charge >= 0.3 is 0 Å². The lowest BCUT2D eigenvalue weighted by atomic mass is 9.85. The zero-order chi connectivity index (χ0) is 65.4. The topological polar surface area (TPSA) is 434 Å². The molecule has 0 aromatic carbocycles. The molecule has 0 bridgehead atoms. The lowest BCUT2D eigenvalue weighted by Crippen LogP contribution is -2.64. The molecular formula is C57H104N4O28. The standard InChI is InChI=1S/C57H104N4O28/c1-6-41-50(71)48(69)38(3)54(87-41)84-28-25-78-22-19-75-16-10-58-44(66)7-13-81-34-57(31-37(2)64,35-82-14-8-45(67)59-11-17-76-20-23-79-26-29-85-55-39(4)49(70)51(72)42(32-62)88-55)36-83-15-9-46(68)60-12-18-77-21-24-80-27-30-86-56-47(61-40(5)65)53(74)52(73)43(33-63)89-56/h38-39,41-43,47-56,62-63,69-74H,6-36H2,1-5H3,(H,58,66)(H,59,67)(H,60,68)(H,61,65)/t38-,39-,41-,42-,43-,47-,48-,49-,50+,51+,52+,53-,54-,55?,56-,57?/m1/s1. The number of hydrogen-bond acceptors (Lipinski definition) is 28. The summed E-state index contributed by atoms with van der Waals surface area (Å²) in [6.07, 6.45) is -11.9. The van der Waals surface area contributed by atoms with E-state index in [1.54, 1.807) is 13.8 Å². The number of nitrogens with one attached hydrogen (secondary N) is 4. The highest BCUT2D eigenvalue weighted by atomic mass is 16.7. The minimum Gasteiger partial charge on any atom is -0.394 e. The van der Waals surface area contributed by atoms with Gasteiger partial charge in [0.25, 0.3) is 0 Å². The fourth-order valence-corrected chi connectivity index (χ4v) is 9.48. The minimum absolute atomic E-state index is 0.00441. The monoisotopic (exact) mass is 1290 g/mol. The summed E-state index contributed by atoms with van der Waals surface area (Å²) in [5.41, 5.74) is -1.06. The molecule has 0 radical (unpaired) electrons. The van der Waals surface area contributed by atoms with E-state index in [0.29, 0.717) is 6.42 Å². The Hall–Kier alpha value is -3.37. The molecule has 3 heterocycles. The minimum atomic E-state index is -1.44. The zero-order valence-corrected chi connectivity index (χ0v) is 52.3. The van der Waals surface area contributed by atoms with Gasteiger partial charge in [-0.05, 0) is 13.3 Å². The average Bonchev–Trinajstić information content (AvgIpc) is 3.28. The molecule has 3 aliphatic rings. The zero-order valence-electron chi connectivity index (χ0n) is 52.3. The SMILES string of the molecule is CC[C@H]1O[C@@H](OCCOCCOCCNC(=O)CCOCC(COCCC(=O)NCCOCCOCCOC2O[C@H](CO)[C@H](O)[C@H](O)[C@H]2C)(COCCC(=O)NCCOCCOCCO[C@@H]2O[C@H](CO)[C@H](O)[C@H](O)[C@H]2NC(C)=O)CC(C)=O)[C@H](C)[C@@H](O)[C@H]1O. The Balaban J connectivity index is 1.35. The van der Waals surface area contributed by atoms with Crippen LogP contribution in [0.4, 0.5) is 0 Å². The third-order valence-corrected chi connectivity index (χ3v) is 14.5. The Morgan fingerprint density at radius 3 is 1.10 bits per heavy atom. The van der Waals surface area contributed by atoms with E-state index < -0.39 is 116 Å². The first-order valence-corrected chi connectivity index (χ1v) is 30.7. The fourth-order valence-electron chi connectivity index (χ4n) is 9.48. The highest BCUT2D eigenvalue weighted by molar-refractivity contribution is 5.77. The number of Topliss-reactive ketones (excluding diaryl/α,β-unsaturated/α-hetero) is 1. The summed E-state index contributed by atoms with van der Waals surface area (Å²) >= 11 is 0. The van der Waals surface area contributed by atoms with Crippen molar-refractivity contribution in [2.24, 2.45) is 17.3 Å². The first kappa shape index (κ1) is 79.9. The predicted octanol–water partition coefficient (Wildman–Crippen LogP) is -4.82. The van der Waals surface area contributed by atoms with Gasteiger partial charge in [0.1, 0.15) is 48.4 Å². The number of hydrogen-bond donors (Lipinski definition) is 12. The quantitative estimate of drug-likeness (QED) is 0.0254. The molecule has 0 aromatic heterocycles. The van der Waals surface area contributed by atoms with Crippen LogP contribution in [0.5, 0.6) is 0 Å². The summed E-state index contributed by atoms with van der Waals surface area (Å²) < 4.78 is 84.8. The summed E-state index contributed by atoms with van der Waals surface area (Å²) in [6, 6.07) is -1.07. The Morgan fingerprint density at radius 2 is 0.742 bits per heavy atom. The molecule has 0 aliphatic carbocycles. The second-order valence-corrected chi connectivity index (χ2v) is 21.9. The maximum Gasteiger partial charge on any atom is 0.222 e. The smallest absolute Gasteiger partial charge is 0.222 e. The van der Waals surface area contributed by atoms with Crippen LogP contribution in [0.2, 0.25) is 0 Å². The van der Waals surface area contributed by atoms with Crippen molar-refractivity contribution in [3.8, 4) is 0 Å². The molecule has 32 nitrogen and oxygen atoms in total. The van der Waals surface area contributed by atoms with Gasteiger partial charge in [0.05, 0.1) is 170 Å². The van der Waals surface area contributed by atoms with Crippen LogP contribution in [0.25, 0.3) is 0 Å². The van der Waals surface area contributed by atoms with E-state index in [4.69, 9.17) is 71.1 Å². The number of carbonyl (C=O) groups is 5. The molecule has 32 heteroatoms. The normalized spacial score (nSPS) is 27.8. The van der Waals surface area contributed by atoms with Crippen LogP contribution < -0.4 is 21.3 Å². The molecule has 0 saturated carbocycles. The highest BCUT2D eigenvalue weighted by Gasteiger charge is 2.46. The summed E-state index contributed by atoms with van der Waals surface area (Å²) in [5.74, 6) is -2.55. The van der Waals surface area contributed by atoms with Gasteiger partial charge in [0.2, 0.25) is 23.6 Å². The van der Waals surface area contributed by atoms with Gasteiger partial charge in [-0.25, -0.2) is 0 Å². The van der Waals surface area contributed by atoms with Crippen LogP contribution in [-0.2, 0) is 95.0 Å². The van der Waals surface area contributed by atoms with E-state index in [2.05, 4.69) is 21.3 Å². The van der Waals surface area contributed by atoms with Gasteiger partial charge in [-0.1, -0.05) is 20.8 Å². The average molecular weight is 1290 g/mol. The Bertz CT molecular complexity index is 1840. The highest BCUT2D eigenvalue weighted by Crippen LogP contribution is 2.30. The first-order valence-electron chi connectivity index (χ1n) is 30.7. The van der Waals surface area contributed by atoms with Crippen LogP contribution in [0.3, 0.4) is 0 Å². The van der Waals surface area contributed by atoms with Crippen LogP contribution >= 0.6 is 0 Å². The molecule has 520 valence electrons. The number of rotatable bonds is 51. The van der Waals surface area contributed by atoms with Crippen molar-refractivity contribution in [3.63, 3.8) is 0 Å². The maximum absolute atomic E-state index is 12.7. The molecule has 3 saturated heterocycles. The van der Waals surface area contributed by atoms with E-state index in [9.17, 15) is 64.8 Å². The molecule has 16 atom stereocenters. The van der Waals surface area contributed by atoms with E-state index in [-0.39, 0.29) is 208 Å². The lowest BCUT2D eigenvalue weighted by Gasteiger charge is -2.42. The van der Waals surface area contributed by atoms with Crippen molar-refractivity contribution >= 4 is 29.4 Å². The molecule has 89 heavy (non-hydrogen) atoms. The van der Waals surface area contributed by atoms with Crippen molar-refractivity contribution in [1.29, 1.82) is 0 Å². The van der Waals surface area contributed by atoms with Crippen LogP contribution in [0.15, 0.2) is 0 Å². The van der Waals surface area contributed by atoms with Gasteiger partial charge in [-0.3, -0.25) is 19.2 Å². The number of ketones is 1. The van der Waals surface area contributed by atoms with Crippen molar-refractivity contribution in [2.45, 2.75) is 147 Å². The van der Waals surface area contributed by atoms with Gasteiger partial charge < -0.3 is 138 Å². The van der Waals surface area contributed by atoms with E-state index in [1.165, 1.54) is 13.8 Å². The molecule has 12 N–H and O–H groups in total. The molecule has 4 amide bonds. The second kappa shape index (κ2) is 46.7. The maximum atomic E-state index is 12.7. The summed E-state index contributed by atoms with van der Waals surface area (Å²) in [7, 11) is 0. The Morgan fingerprint density at radius 1 is 0.416 bits per heavy atom. The molecular weight excluding hydrogens is 1190 g/mol. The predicted molar refractivity (Wildman–Crippen MR) is 308 cm³/mol. The Labute approximate surface area is 520 Å². The number of aliphatic hydroxyl groups excluding tert-OH is 8. The van der Waals surface area contributed by atoms with Crippen molar-refractivity contribution in [3.05, 3.63) is 0 Å². The number of amides is 4. The largest absolute Gasteiger partial charge is 0.394 e. The molecule has 0 spiro atoms. The van der Waals surface area contributed by atoms with Gasteiger partial charge in [-0.2, -0.15) is 0 Å².